The van der Waals surface area contributed by atoms with Gasteiger partial charge in [-0.3, -0.25) is 14.5 Å². The van der Waals surface area contributed by atoms with Gasteiger partial charge >= 0.3 is 0 Å². The van der Waals surface area contributed by atoms with Crippen LogP contribution in [-0.4, -0.2) is 22.9 Å². The molecule has 1 fully saturated rings. The van der Waals surface area contributed by atoms with E-state index in [1.54, 1.807) is 36.4 Å². The van der Waals surface area contributed by atoms with Gasteiger partial charge < -0.3 is 9.84 Å². The van der Waals surface area contributed by atoms with Crippen molar-refractivity contribution in [3.63, 3.8) is 0 Å². The summed E-state index contributed by atoms with van der Waals surface area (Å²) in [5.41, 5.74) is 2.88. The molecule has 3 aromatic rings. The molecule has 4 rings (SSSR count). The average molecular weight is 460 g/mol. The van der Waals surface area contributed by atoms with Crippen molar-refractivity contribution in [2.24, 2.45) is 0 Å². The number of aliphatic hydroxyl groups is 1. The molecule has 1 N–H and O–H groups in total. The SMILES string of the molecule is Cc1cc(/C(O)=C2\C(=O)C(=O)N(c3cccc(F)c3)C2c2ccccc2C)ccc1OC(C)C. The number of hydrogen-bond donors (Lipinski definition) is 1. The lowest BCUT2D eigenvalue weighted by atomic mass is 9.92. The third-order valence-corrected chi connectivity index (χ3v) is 5.82. The van der Waals surface area contributed by atoms with Crippen LogP contribution >= 0.6 is 0 Å². The van der Waals surface area contributed by atoms with Gasteiger partial charge in [0.05, 0.1) is 17.7 Å². The van der Waals surface area contributed by atoms with E-state index < -0.39 is 23.5 Å². The van der Waals surface area contributed by atoms with E-state index in [4.69, 9.17) is 4.74 Å². The highest BCUT2D eigenvalue weighted by Gasteiger charge is 2.47. The number of carbonyl (C=O) groups is 2. The molecule has 1 aliphatic heterocycles. The fourth-order valence-corrected chi connectivity index (χ4v) is 4.25. The predicted octanol–water partition coefficient (Wildman–Crippen LogP) is 5.86. The summed E-state index contributed by atoms with van der Waals surface area (Å²) in [4.78, 5) is 27.7. The molecule has 1 unspecified atom stereocenters. The lowest BCUT2D eigenvalue weighted by Gasteiger charge is -2.26. The highest BCUT2D eigenvalue weighted by molar-refractivity contribution is 6.51. The third kappa shape index (κ3) is 4.19. The normalized spacial score (nSPS) is 17.5. The first-order chi connectivity index (χ1) is 16.2. The van der Waals surface area contributed by atoms with E-state index in [1.165, 1.54) is 23.1 Å². The Bertz CT molecular complexity index is 1310. The molecule has 0 saturated carbocycles. The van der Waals surface area contributed by atoms with Crippen molar-refractivity contribution in [1.82, 2.24) is 0 Å². The summed E-state index contributed by atoms with van der Waals surface area (Å²) in [6.45, 7) is 7.55. The Morgan fingerprint density at radius 2 is 1.71 bits per heavy atom. The van der Waals surface area contributed by atoms with E-state index in [9.17, 15) is 19.1 Å². The van der Waals surface area contributed by atoms with Crippen LogP contribution in [0.5, 0.6) is 5.75 Å². The summed E-state index contributed by atoms with van der Waals surface area (Å²) in [7, 11) is 0. The topological polar surface area (TPSA) is 66.8 Å². The van der Waals surface area contributed by atoms with Gasteiger partial charge in [-0.1, -0.05) is 30.3 Å². The quantitative estimate of drug-likeness (QED) is 0.295. The molecular weight excluding hydrogens is 433 g/mol. The minimum Gasteiger partial charge on any atom is -0.507 e. The van der Waals surface area contributed by atoms with Gasteiger partial charge in [0.2, 0.25) is 0 Å². The van der Waals surface area contributed by atoms with Crippen LogP contribution in [0.2, 0.25) is 0 Å². The van der Waals surface area contributed by atoms with E-state index in [0.29, 0.717) is 16.9 Å². The Balaban J connectivity index is 1.92. The summed E-state index contributed by atoms with van der Waals surface area (Å²) >= 11 is 0. The van der Waals surface area contributed by atoms with Crippen molar-refractivity contribution >= 4 is 23.1 Å². The fraction of sp³-hybridized carbons (Fsp3) is 0.214. The minimum atomic E-state index is -0.908. The molecule has 5 nitrogen and oxygen atoms in total. The van der Waals surface area contributed by atoms with E-state index in [2.05, 4.69) is 0 Å². The number of Topliss-reactive ketones (excluding diaryl/α,β-unsaturated/α-hetero) is 1. The number of anilines is 1. The Kier molecular flexibility index (Phi) is 6.24. The predicted molar refractivity (Wildman–Crippen MR) is 129 cm³/mol. The Morgan fingerprint density at radius 3 is 2.35 bits per heavy atom. The van der Waals surface area contributed by atoms with Crippen LogP contribution in [0.4, 0.5) is 10.1 Å². The maximum Gasteiger partial charge on any atom is 0.300 e. The van der Waals surface area contributed by atoms with Crippen molar-refractivity contribution in [3.8, 4) is 5.75 Å². The summed E-state index contributed by atoms with van der Waals surface area (Å²) in [5, 5.41) is 11.3. The number of hydrogen-bond acceptors (Lipinski definition) is 4. The molecule has 6 heteroatoms. The maximum atomic E-state index is 14.1. The number of nitrogens with zero attached hydrogens (tertiary/aromatic N) is 1. The molecule has 1 saturated heterocycles. The molecule has 0 aliphatic carbocycles. The van der Waals surface area contributed by atoms with Gasteiger partial charge in [-0.25, -0.2) is 4.39 Å². The zero-order valence-electron chi connectivity index (χ0n) is 19.5. The molecule has 1 aliphatic rings. The standard InChI is InChI=1S/C28H26FNO4/c1-16(2)34-23-13-12-19(14-18(23)4)26(31)24-25(22-11-6-5-8-17(22)3)30(28(33)27(24)32)21-10-7-9-20(29)15-21/h5-16,25,31H,1-4H3/b26-24+. The van der Waals surface area contributed by atoms with Gasteiger partial charge in [0.1, 0.15) is 17.3 Å². The van der Waals surface area contributed by atoms with Crippen molar-refractivity contribution in [2.75, 3.05) is 4.90 Å². The summed E-state index contributed by atoms with van der Waals surface area (Å²) < 4.78 is 19.8. The second-order valence-corrected chi connectivity index (χ2v) is 8.65. The largest absolute Gasteiger partial charge is 0.507 e. The zero-order chi connectivity index (χ0) is 24.6. The number of amides is 1. The number of aryl methyl sites for hydroxylation is 2. The van der Waals surface area contributed by atoms with Gasteiger partial charge in [0.15, 0.2) is 0 Å². The fourth-order valence-electron chi connectivity index (χ4n) is 4.25. The first kappa shape index (κ1) is 23.2. The highest BCUT2D eigenvalue weighted by atomic mass is 19.1. The molecule has 1 heterocycles. The number of halogens is 1. The molecule has 0 spiro atoms. The molecule has 1 amide bonds. The third-order valence-electron chi connectivity index (χ3n) is 5.82. The summed E-state index contributed by atoms with van der Waals surface area (Å²) in [5.74, 6) is -1.79. The number of carbonyl (C=O) groups excluding carboxylic acids is 2. The van der Waals surface area contributed by atoms with Crippen molar-refractivity contribution in [2.45, 2.75) is 39.8 Å². The van der Waals surface area contributed by atoms with E-state index in [1.807, 2.05) is 39.8 Å². The molecule has 1 atom stereocenters. The minimum absolute atomic E-state index is 0.0178. The molecule has 34 heavy (non-hydrogen) atoms. The highest BCUT2D eigenvalue weighted by Crippen LogP contribution is 2.43. The van der Waals surface area contributed by atoms with Gasteiger partial charge in [-0.15, -0.1) is 0 Å². The molecule has 174 valence electrons. The first-order valence-electron chi connectivity index (χ1n) is 11.1. The lowest BCUT2D eigenvalue weighted by molar-refractivity contribution is -0.132. The first-order valence-corrected chi connectivity index (χ1v) is 11.1. The van der Waals surface area contributed by atoms with Crippen LogP contribution in [0.1, 0.15) is 42.1 Å². The molecular formula is C28H26FNO4. The Labute approximate surface area is 198 Å². The van der Waals surface area contributed by atoms with Crippen molar-refractivity contribution in [3.05, 3.63) is 100 Å². The van der Waals surface area contributed by atoms with Gasteiger partial charge in [-0.2, -0.15) is 0 Å². The van der Waals surface area contributed by atoms with Crippen molar-refractivity contribution < 1.29 is 23.8 Å². The molecule has 3 aromatic carbocycles. The van der Waals surface area contributed by atoms with Crippen molar-refractivity contribution in [1.29, 1.82) is 0 Å². The number of aliphatic hydroxyl groups excluding tert-OH is 1. The number of benzene rings is 3. The zero-order valence-corrected chi connectivity index (χ0v) is 19.5. The number of ether oxygens (including phenoxy) is 1. The monoisotopic (exact) mass is 459 g/mol. The number of ketones is 1. The van der Waals surface area contributed by atoms with Crippen LogP contribution in [0.3, 0.4) is 0 Å². The second kappa shape index (κ2) is 9.14. The summed E-state index contributed by atoms with van der Waals surface area (Å²) in [6.07, 6.45) is -0.0178. The lowest BCUT2D eigenvalue weighted by Crippen LogP contribution is -2.29. The van der Waals surface area contributed by atoms with Crippen LogP contribution in [0, 0.1) is 19.7 Å². The van der Waals surface area contributed by atoms with Gasteiger partial charge in [0.25, 0.3) is 11.7 Å². The van der Waals surface area contributed by atoms with Crippen LogP contribution in [0.25, 0.3) is 5.76 Å². The van der Waals surface area contributed by atoms with Gasteiger partial charge in [-0.05, 0) is 80.8 Å². The smallest absolute Gasteiger partial charge is 0.300 e. The van der Waals surface area contributed by atoms with Crippen LogP contribution in [0.15, 0.2) is 72.3 Å². The Morgan fingerprint density at radius 1 is 0.971 bits per heavy atom. The molecule has 0 radical (unpaired) electrons. The van der Waals surface area contributed by atoms with Gasteiger partial charge in [0, 0.05) is 11.3 Å². The molecule has 0 aromatic heterocycles. The maximum absolute atomic E-state index is 14.1. The van der Waals surface area contributed by atoms with Crippen LogP contribution in [-0.2, 0) is 9.59 Å². The number of rotatable bonds is 5. The second-order valence-electron chi connectivity index (χ2n) is 8.65. The van der Waals surface area contributed by atoms with E-state index in [0.717, 1.165) is 11.1 Å². The van der Waals surface area contributed by atoms with E-state index in [-0.39, 0.29) is 23.1 Å². The molecule has 0 bridgehead atoms. The summed E-state index contributed by atoms with van der Waals surface area (Å²) in [6, 6.07) is 17.1. The van der Waals surface area contributed by atoms with E-state index >= 15 is 0 Å². The van der Waals surface area contributed by atoms with Crippen LogP contribution < -0.4 is 9.64 Å². The average Bonchev–Trinajstić information content (AvgIpc) is 3.05. The Hall–Kier alpha value is -3.93.